The van der Waals surface area contributed by atoms with Gasteiger partial charge in [0.1, 0.15) is 6.33 Å². The van der Waals surface area contributed by atoms with Gasteiger partial charge in [-0.25, -0.2) is 4.98 Å². The Bertz CT molecular complexity index is 429. The SMILES string of the molecule is Cc1[nH]ncc1CNCc1ncn(C)n1. The number of H-pyrrole nitrogens is 1. The van der Waals surface area contributed by atoms with Crippen LogP contribution >= 0.6 is 0 Å². The Labute approximate surface area is 87.7 Å². The first-order valence-corrected chi connectivity index (χ1v) is 4.80. The van der Waals surface area contributed by atoms with Crippen molar-refractivity contribution in [2.24, 2.45) is 7.05 Å². The summed E-state index contributed by atoms with van der Waals surface area (Å²) in [7, 11) is 1.86. The third kappa shape index (κ3) is 2.41. The lowest BCUT2D eigenvalue weighted by Crippen LogP contribution is -2.14. The number of rotatable bonds is 4. The van der Waals surface area contributed by atoms with E-state index >= 15 is 0 Å². The van der Waals surface area contributed by atoms with Gasteiger partial charge in [0.25, 0.3) is 0 Å². The van der Waals surface area contributed by atoms with Crippen LogP contribution in [0.3, 0.4) is 0 Å². The quantitative estimate of drug-likeness (QED) is 0.746. The first-order chi connectivity index (χ1) is 7.25. The van der Waals surface area contributed by atoms with E-state index in [1.807, 2.05) is 20.2 Å². The van der Waals surface area contributed by atoms with E-state index < -0.39 is 0 Å². The molecule has 80 valence electrons. The summed E-state index contributed by atoms with van der Waals surface area (Å²) in [6, 6.07) is 0. The molecular weight excluding hydrogens is 192 g/mol. The Hall–Kier alpha value is -1.69. The number of nitrogens with zero attached hydrogens (tertiary/aromatic N) is 4. The summed E-state index contributed by atoms with van der Waals surface area (Å²) >= 11 is 0. The lowest BCUT2D eigenvalue weighted by molar-refractivity contribution is 0.647. The van der Waals surface area contributed by atoms with Gasteiger partial charge in [0, 0.05) is 24.8 Å². The van der Waals surface area contributed by atoms with Crippen LogP contribution in [0.4, 0.5) is 0 Å². The summed E-state index contributed by atoms with van der Waals surface area (Å²) in [5, 5.41) is 14.3. The number of nitrogens with one attached hydrogen (secondary N) is 2. The molecule has 2 aromatic heterocycles. The third-order valence-electron chi connectivity index (χ3n) is 2.18. The number of hydrogen-bond donors (Lipinski definition) is 2. The van der Waals surface area contributed by atoms with E-state index in [0.29, 0.717) is 6.54 Å². The minimum atomic E-state index is 0.672. The molecule has 0 aliphatic rings. The minimum absolute atomic E-state index is 0.672. The molecule has 6 heteroatoms. The molecular formula is C9H14N6. The van der Waals surface area contributed by atoms with Crippen molar-refractivity contribution >= 4 is 0 Å². The molecule has 0 spiro atoms. The normalized spacial score (nSPS) is 10.8. The molecule has 2 aromatic rings. The van der Waals surface area contributed by atoms with Gasteiger partial charge in [-0.15, -0.1) is 0 Å². The maximum atomic E-state index is 4.17. The first kappa shape index (κ1) is 9.85. The number of aromatic nitrogens is 5. The van der Waals surface area contributed by atoms with E-state index in [1.54, 1.807) is 11.0 Å². The molecule has 0 bridgehead atoms. The van der Waals surface area contributed by atoms with Gasteiger partial charge in [0.2, 0.25) is 0 Å². The zero-order chi connectivity index (χ0) is 10.7. The van der Waals surface area contributed by atoms with Gasteiger partial charge in [0.05, 0.1) is 12.7 Å². The van der Waals surface area contributed by atoms with E-state index in [9.17, 15) is 0 Å². The van der Waals surface area contributed by atoms with Gasteiger partial charge in [-0.3, -0.25) is 9.78 Å². The van der Waals surface area contributed by atoms with Crippen molar-refractivity contribution in [3.8, 4) is 0 Å². The molecule has 0 radical (unpaired) electrons. The molecule has 0 saturated heterocycles. The van der Waals surface area contributed by atoms with Gasteiger partial charge in [0.15, 0.2) is 5.82 Å². The molecule has 0 amide bonds. The highest BCUT2D eigenvalue weighted by Gasteiger charge is 2.01. The Morgan fingerprint density at radius 2 is 2.33 bits per heavy atom. The van der Waals surface area contributed by atoms with Gasteiger partial charge in [-0.2, -0.15) is 10.2 Å². The van der Waals surface area contributed by atoms with Crippen LogP contribution in [0.5, 0.6) is 0 Å². The average molecular weight is 206 g/mol. The molecule has 2 heterocycles. The molecule has 2 rings (SSSR count). The second kappa shape index (κ2) is 4.22. The zero-order valence-electron chi connectivity index (χ0n) is 8.86. The predicted molar refractivity (Wildman–Crippen MR) is 54.9 cm³/mol. The largest absolute Gasteiger partial charge is 0.306 e. The fourth-order valence-electron chi connectivity index (χ4n) is 1.33. The fourth-order valence-corrected chi connectivity index (χ4v) is 1.33. The van der Waals surface area contributed by atoms with Crippen LogP contribution in [-0.4, -0.2) is 25.0 Å². The summed E-state index contributed by atoms with van der Waals surface area (Å²) < 4.78 is 1.69. The van der Waals surface area contributed by atoms with Crippen molar-refractivity contribution in [3.63, 3.8) is 0 Å². The Balaban J connectivity index is 1.83. The summed E-state index contributed by atoms with van der Waals surface area (Å²) in [5.74, 6) is 0.804. The summed E-state index contributed by atoms with van der Waals surface area (Å²) in [5.41, 5.74) is 2.27. The minimum Gasteiger partial charge on any atom is -0.306 e. The van der Waals surface area contributed by atoms with E-state index in [2.05, 4.69) is 25.6 Å². The highest BCUT2D eigenvalue weighted by molar-refractivity contribution is 5.13. The Morgan fingerprint density at radius 3 is 2.93 bits per heavy atom. The predicted octanol–water partition coefficient (Wildman–Crippen LogP) is 0.136. The number of hydrogen-bond acceptors (Lipinski definition) is 4. The molecule has 2 N–H and O–H groups in total. The van der Waals surface area contributed by atoms with E-state index in [-0.39, 0.29) is 0 Å². The molecule has 6 nitrogen and oxygen atoms in total. The van der Waals surface area contributed by atoms with Crippen LogP contribution in [0.25, 0.3) is 0 Å². The number of aryl methyl sites for hydroxylation is 2. The third-order valence-corrected chi connectivity index (χ3v) is 2.18. The molecule has 0 saturated carbocycles. The molecule has 0 unspecified atom stereocenters. The molecule has 15 heavy (non-hydrogen) atoms. The van der Waals surface area contributed by atoms with Crippen LogP contribution in [0, 0.1) is 6.92 Å². The van der Waals surface area contributed by atoms with Crippen molar-refractivity contribution < 1.29 is 0 Å². The summed E-state index contributed by atoms with van der Waals surface area (Å²) in [6.45, 7) is 3.45. The zero-order valence-corrected chi connectivity index (χ0v) is 8.86. The highest BCUT2D eigenvalue weighted by Crippen LogP contribution is 2.01. The highest BCUT2D eigenvalue weighted by atomic mass is 15.3. The van der Waals surface area contributed by atoms with Gasteiger partial charge < -0.3 is 5.32 Å². The van der Waals surface area contributed by atoms with Crippen LogP contribution < -0.4 is 5.32 Å². The molecule has 0 aliphatic carbocycles. The summed E-state index contributed by atoms with van der Waals surface area (Å²) in [6.07, 6.45) is 3.52. The van der Waals surface area contributed by atoms with Crippen molar-refractivity contribution in [1.29, 1.82) is 0 Å². The molecule has 0 aliphatic heterocycles. The smallest absolute Gasteiger partial charge is 0.164 e. The second-order valence-corrected chi connectivity index (χ2v) is 3.46. The monoisotopic (exact) mass is 206 g/mol. The van der Waals surface area contributed by atoms with Crippen molar-refractivity contribution in [2.75, 3.05) is 0 Å². The maximum Gasteiger partial charge on any atom is 0.164 e. The van der Waals surface area contributed by atoms with Crippen molar-refractivity contribution in [3.05, 3.63) is 29.6 Å². The van der Waals surface area contributed by atoms with Crippen LogP contribution in [-0.2, 0) is 20.1 Å². The summed E-state index contributed by atoms with van der Waals surface area (Å²) in [4.78, 5) is 4.12. The van der Waals surface area contributed by atoms with Crippen molar-refractivity contribution in [2.45, 2.75) is 20.0 Å². The number of aromatic amines is 1. The second-order valence-electron chi connectivity index (χ2n) is 3.46. The van der Waals surface area contributed by atoms with Gasteiger partial charge in [-0.05, 0) is 6.92 Å². The van der Waals surface area contributed by atoms with E-state index in [1.165, 1.54) is 5.56 Å². The van der Waals surface area contributed by atoms with Gasteiger partial charge >= 0.3 is 0 Å². The average Bonchev–Trinajstić information content (AvgIpc) is 2.77. The van der Waals surface area contributed by atoms with Crippen LogP contribution in [0.15, 0.2) is 12.5 Å². The topological polar surface area (TPSA) is 71.4 Å². The van der Waals surface area contributed by atoms with Crippen molar-refractivity contribution in [1.82, 2.24) is 30.3 Å². The first-order valence-electron chi connectivity index (χ1n) is 4.80. The molecule has 0 atom stereocenters. The van der Waals surface area contributed by atoms with E-state index in [0.717, 1.165) is 18.1 Å². The fraction of sp³-hybridized carbons (Fsp3) is 0.444. The maximum absolute atomic E-state index is 4.17. The Morgan fingerprint density at radius 1 is 1.47 bits per heavy atom. The molecule has 0 aromatic carbocycles. The van der Waals surface area contributed by atoms with Gasteiger partial charge in [-0.1, -0.05) is 0 Å². The molecule has 0 fully saturated rings. The Kier molecular flexibility index (Phi) is 2.77. The standard InChI is InChI=1S/C9H14N6/c1-7-8(4-12-13-7)3-10-5-9-11-6-15(2)14-9/h4,6,10H,3,5H2,1-2H3,(H,12,13). The lowest BCUT2D eigenvalue weighted by atomic mass is 10.2. The lowest BCUT2D eigenvalue weighted by Gasteiger charge is -2.00. The van der Waals surface area contributed by atoms with Crippen LogP contribution in [0.1, 0.15) is 17.1 Å². The van der Waals surface area contributed by atoms with E-state index in [4.69, 9.17) is 0 Å². The van der Waals surface area contributed by atoms with Crippen LogP contribution in [0.2, 0.25) is 0 Å².